The second-order valence-corrected chi connectivity index (χ2v) is 6.80. The first-order valence-electron chi connectivity index (χ1n) is 8.63. The third kappa shape index (κ3) is 3.00. The van der Waals surface area contributed by atoms with Crippen LogP contribution in [0.5, 0.6) is 0 Å². The third-order valence-electron chi connectivity index (χ3n) is 5.03. The van der Waals surface area contributed by atoms with Gasteiger partial charge >= 0.3 is 6.09 Å². The zero-order valence-corrected chi connectivity index (χ0v) is 13.9. The number of ether oxygens (including phenoxy) is 1. The molecule has 0 radical (unpaired) electrons. The van der Waals surface area contributed by atoms with Gasteiger partial charge in [-0.1, -0.05) is 48.5 Å². The molecule has 1 amide bonds. The standard InChI is InChI=1S/C20H21FN2O2/c21-13-9-14(22)11-23(10-13)20(24)25-12-19-17-7-3-1-5-15(17)16-6-2-4-8-18(16)19/h1-8,13-14,19H,9-12,22H2/t13-,14+/m0/s1. The smallest absolute Gasteiger partial charge is 0.409 e. The maximum Gasteiger partial charge on any atom is 0.409 e. The fraction of sp³-hybridized carbons (Fsp3) is 0.350. The SMILES string of the molecule is N[C@@H]1C[C@H](F)CN(C(=O)OCC2c3ccccc3-c3ccccc32)C1. The summed E-state index contributed by atoms with van der Waals surface area (Å²) in [4.78, 5) is 13.7. The first kappa shape index (κ1) is 16.1. The Balaban J connectivity index is 1.50. The van der Waals surface area contributed by atoms with Crippen molar-refractivity contribution in [2.45, 2.75) is 24.6 Å². The van der Waals surface area contributed by atoms with E-state index in [1.165, 1.54) is 16.0 Å². The van der Waals surface area contributed by atoms with Crippen molar-refractivity contribution < 1.29 is 13.9 Å². The van der Waals surface area contributed by atoms with Crippen LogP contribution in [0.1, 0.15) is 23.5 Å². The van der Waals surface area contributed by atoms with Crippen LogP contribution in [0, 0.1) is 0 Å². The van der Waals surface area contributed by atoms with Crippen molar-refractivity contribution in [1.29, 1.82) is 0 Å². The number of halogens is 1. The van der Waals surface area contributed by atoms with Crippen molar-refractivity contribution in [3.05, 3.63) is 59.7 Å². The normalized spacial score (nSPS) is 22.4. The van der Waals surface area contributed by atoms with E-state index in [1.807, 2.05) is 24.3 Å². The predicted octanol–water partition coefficient (Wildman–Crippen LogP) is 3.31. The summed E-state index contributed by atoms with van der Waals surface area (Å²) in [5, 5.41) is 0. The average Bonchev–Trinajstić information content (AvgIpc) is 2.93. The number of carbonyl (C=O) groups is 1. The molecule has 2 N–H and O–H groups in total. The predicted molar refractivity (Wildman–Crippen MR) is 94.1 cm³/mol. The van der Waals surface area contributed by atoms with Crippen LogP contribution in [0.15, 0.2) is 48.5 Å². The van der Waals surface area contributed by atoms with Crippen molar-refractivity contribution in [3.8, 4) is 11.1 Å². The molecule has 1 heterocycles. The van der Waals surface area contributed by atoms with E-state index in [-0.39, 0.29) is 25.1 Å². The van der Waals surface area contributed by atoms with Gasteiger partial charge in [-0.05, 0) is 28.7 Å². The van der Waals surface area contributed by atoms with Gasteiger partial charge in [0.25, 0.3) is 0 Å². The third-order valence-corrected chi connectivity index (χ3v) is 5.03. The maximum absolute atomic E-state index is 13.7. The van der Waals surface area contributed by atoms with E-state index in [0.29, 0.717) is 13.0 Å². The molecule has 5 heteroatoms. The van der Waals surface area contributed by atoms with Crippen LogP contribution in [0.4, 0.5) is 9.18 Å². The van der Waals surface area contributed by atoms with Crippen LogP contribution in [0.3, 0.4) is 0 Å². The van der Waals surface area contributed by atoms with Gasteiger partial charge in [0, 0.05) is 18.5 Å². The van der Waals surface area contributed by atoms with Crippen molar-refractivity contribution in [2.24, 2.45) is 5.73 Å². The number of benzene rings is 2. The number of nitrogens with two attached hydrogens (primary N) is 1. The van der Waals surface area contributed by atoms with Gasteiger partial charge in [0.1, 0.15) is 12.8 Å². The number of rotatable bonds is 2. The summed E-state index contributed by atoms with van der Waals surface area (Å²) in [6.45, 7) is 0.650. The van der Waals surface area contributed by atoms with Gasteiger partial charge in [0.2, 0.25) is 0 Å². The second kappa shape index (κ2) is 6.48. The van der Waals surface area contributed by atoms with E-state index in [4.69, 9.17) is 10.5 Å². The molecule has 2 aliphatic rings. The Labute approximate surface area is 146 Å². The fourth-order valence-corrected chi connectivity index (χ4v) is 3.91. The summed E-state index contributed by atoms with van der Waals surface area (Å²) in [6.07, 6.45) is -1.27. The van der Waals surface area contributed by atoms with E-state index in [0.717, 1.165) is 11.1 Å². The molecule has 0 saturated carbocycles. The Morgan fingerprint density at radius 2 is 1.68 bits per heavy atom. The molecular weight excluding hydrogens is 319 g/mol. The molecule has 1 aliphatic heterocycles. The van der Waals surface area contributed by atoms with Gasteiger partial charge in [0.15, 0.2) is 0 Å². The topological polar surface area (TPSA) is 55.6 Å². The molecule has 0 bridgehead atoms. The molecule has 1 aliphatic carbocycles. The van der Waals surface area contributed by atoms with Crippen LogP contribution in [0.25, 0.3) is 11.1 Å². The largest absolute Gasteiger partial charge is 0.448 e. The molecule has 0 spiro atoms. The Morgan fingerprint density at radius 3 is 2.28 bits per heavy atom. The number of carbonyl (C=O) groups excluding carboxylic acids is 1. The minimum absolute atomic E-state index is 0.0102. The Bertz CT molecular complexity index is 739. The van der Waals surface area contributed by atoms with Gasteiger partial charge in [-0.25, -0.2) is 9.18 Å². The molecule has 4 rings (SSSR count). The molecule has 25 heavy (non-hydrogen) atoms. The molecule has 4 nitrogen and oxygen atoms in total. The number of alkyl halides is 1. The summed E-state index contributed by atoms with van der Waals surface area (Å²) in [6, 6.07) is 16.0. The molecule has 2 aromatic rings. The molecular formula is C20H21FN2O2. The molecule has 0 aromatic heterocycles. The zero-order chi connectivity index (χ0) is 17.4. The summed E-state index contributed by atoms with van der Waals surface area (Å²) >= 11 is 0. The lowest BCUT2D eigenvalue weighted by Crippen LogP contribution is -2.50. The van der Waals surface area contributed by atoms with E-state index >= 15 is 0 Å². The quantitative estimate of drug-likeness (QED) is 0.912. The monoisotopic (exact) mass is 340 g/mol. The molecule has 2 atom stereocenters. The van der Waals surface area contributed by atoms with E-state index in [9.17, 15) is 9.18 Å². The van der Waals surface area contributed by atoms with Crippen LogP contribution < -0.4 is 5.73 Å². The highest BCUT2D eigenvalue weighted by Gasteiger charge is 2.32. The molecule has 130 valence electrons. The van der Waals surface area contributed by atoms with E-state index in [1.54, 1.807) is 0 Å². The van der Waals surface area contributed by atoms with Crippen LogP contribution >= 0.6 is 0 Å². The minimum atomic E-state index is -1.08. The van der Waals surface area contributed by atoms with Crippen molar-refractivity contribution in [1.82, 2.24) is 4.90 Å². The summed E-state index contributed by atoms with van der Waals surface area (Å²) < 4.78 is 19.2. The summed E-state index contributed by atoms with van der Waals surface area (Å²) in [5.74, 6) is 0.0102. The van der Waals surface area contributed by atoms with Gasteiger partial charge in [0.05, 0.1) is 6.54 Å². The van der Waals surface area contributed by atoms with Crippen LogP contribution in [-0.2, 0) is 4.74 Å². The number of nitrogens with zero attached hydrogens (tertiary/aromatic N) is 1. The average molecular weight is 340 g/mol. The zero-order valence-electron chi connectivity index (χ0n) is 13.9. The number of fused-ring (bicyclic) bond motifs is 3. The highest BCUT2D eigenvalue weighted by molar-refractivity contribution is 5.79. The number of amides is 1. The Hall–Kier alpha value is -2.40. The Kier molecular flexibility index (Phi) is 4.17. The number of likely N-dealkylation sites (tertiary alicyclic amines) is 1. The Morgan fingerprint density at radius 1 is 1.08 bits per heavy atom. The number of hydrogen-bond acceptors (Lipinski definition) is 3. The van der Waals surface area contributed by atoms with Crippen LogP contribution in [0.2, 0.25) is 0 Å². The summed E-state index contributed by atoms with van der Waals surface area (Å²) in [7, 11) is 0. The molecule has 0 unspecified atom stereocenters. The van der Waals surface area contributed by atoms with E-state index < -0.39 is 12.3 Å². The highest BCUT2D eigenvalue weighted by atomic mass is 19.1. The van der Waals surface area contributed by atoms with Gasteiger partial charge in [-0.3, -0.25) is 0 Å². The van der Waals surface area contributed by atoms with Crippen molar-refractivity contribution in [3.63, 3.8) is 0 Å². The van der Waals surface area contributed by atoms with Gasteiger partial charge < -0.3 is 15.4 Å². The first-order valence-corrected chi connectivity index (χ1v) is 8.63. The number of hydrogen-bond donors (Lipinski definition) is 1. The number of piperidine rings is 1. The fourth-order valence-electron chi connectivity index (χ4n) is 3.91. The van der Waals surface area contributed by atoms with Crippen LogP contribution in [-0.4, -0.2) is 42.9 Å². The highest BCUT2D eigenvalue weighted by Crippen LogP contribution is 2.44. The second-order valence-electron chi connectivity index (χ2n) is 6.80. The van der Waals surface area contributed by atoms with Crippen molar-refractivity contribution in [2.75, 3.05) is 19.7 Å². The maximum atomic E-state index is 13.7. The lowest BCUT2D eigenvalue weighted by Gasteiger charge is -2.32. The molecule has 1 saturated heterocycles. The van der Waals surface area contributed by atoms with Crippen molar-refractivity contribution >= 4 is 6.09 Å². The first-order chi connectivity index (χ1) is 12.1. The summed E-state index contributed by atoms with van der Waals surface area (Å²) in [5.41, 5.74) is 10.5. The van der Waals surface area contributed by atoms with Gasteiger partial charge in [-0.15, -0.1) is 0 Å². The lowest BCUT2D eigenvalue weighted by molar-refractivity contribution is 0.0694. The molecule has 1 fully saturated rings. The van der Waals surface area contributed by atoms with E-state index in [2.05, 4.69) is 24.3 Å². The molecule has 2 aromatic carbocycles. The minimum Gasteiger partial charge on any atom is -0.448 e. The lowest BCUT2D eigenvalue weighted by atomic mass is 9.98. The van der Waals surface area contributed by atoms with Gasteiger partial charge in [-0.2, -0.15) is 0 Å².